The maximum Gasteiger partial charge on any atom is 0.231 e. The van der Waals surface area contributed by atoms with Gasteiger partial charge < -0.3 is 19.5 Å². The molecule has 29 heavy (non-hydrogen) atoms. The Balaban J connectivity index is 1.26. The molecule has 0 bridgehead atoms. The molecule has 0 radical (unpaired) electrons. The first-order valence-electron chi connectivity index (χ1n) is 10.2. The van der Waals surface area contributed by atoms with Crippen LogP contribution in [-0.4, -0.2) is 42.2 Å². The molecule has 0 amide bonds. The van der Waals surface area contributed by atoms with Crippen LogP contribution in [0.1, 0.15) is 40.7 Å². The van der Waals surface area contributed by atoms with E-state index >= 15 is 0 Å². The average Bonchev–Trinajstić information content (AvgIpc) is 3.18. The number of likely N-dealkylation sites (tertiary alicyclic amines) is 1. The number of aliphatic hydroxyl groups is 1. The van der Waals surface area contributed by atoms with Gasteiger partial charge in [0.2, 0.25) is 6.79 Å². The van der Waals surface area contributed by atoms with Gasteiger partial charge in [-0.25, -0.2) is 4.39 Å². The molecule has 1 unspecified atom stereocenters. The van der Waals surface area contributed by atoms with E-state index in [1.54, 1.807) is 18.2 Å². The normalized spacial score (nSPS) is 23.1. The summed E-state index contributed by atoms with van der Waals surface area (Å²) in [5.41, 5.74) is 1.01. The van der Waals surface area contributed by atoms with E-state index < -0.39 is 5.60 Å². The molecule has 3 aliphatic rings. The van der Waals surface area contributed by atoms with Crippen LogP contribution < -0.4 is 9.47 Å². The Labute approximate surface area is 169 Å². The molecule has 6 heteroatoms. The van der Waals surface area contributed by atoms with E-state index in [9.17, 15) is 14.3 Å². The number of rotatable bonds is 3. The number of fused-ring (bicyclic) bond motifs is 2. The predicted molar refractivity (Wildman–Crippen MR) is 105 cm³/mol. The van der Waals surface area contributed by atoms with Crippen LogP contribution in [-0.2, 0) is 12.0 Å². The molecule has 152 valence electrons. The minimum absolute atomic E-state index is 0.0671. The summed E-state index contributed by atoms with van der Waals surface area (Å²) in [6, 6.07) is 10.2. The zero-order valence-electron chi connectivity index (χ0n) is 16.2. The molecule has 0 saturated carbocycles. The van der Waals surface area contributed by atoms with Crippen molar-refractivity contribution in [3.63, 3.8) is 0 Å². The maximum atomic E-state index is 14.1. The summed E-state index contributed by atoms with van der Waals surface area (Å²) in [5.74, 6) is 1.09. The first-order chi connectivity index (χ1) is 14.0. The van der Waals surface area contributed by atoms with Gasteiger partial charge in [0.25, 0.3) is 0 Å². The smallest absolute Gasteiger partial charge is 0.231 e. The number of nitrogens with zero attached hydrogens (tertiary/aromatic N) is 1. The van der Waals surface area contributed by atoms with Gasteiger partial charge >= 0.3 is 0 Å². The van der Waals surface area contributed by atoms with Crippen molar-refractivity contribution in [3.05, 3.63) is 58.9 Å². The Morgan fingerprint density at radius 2 is 1.86 bits per heavy atom. The van der Waals surface area contributed by atoms with Crippen LogP contribution in [0.5, 0.6) is 11.5 Å². The zero-order valence-corrected chi connectivity index (χ0v) is 16.2. The number of ether oxygens (including phenoxy) is 2. The molecular formula is C23H24FNO4. The lowest BCUT2D eigenvalue weighted by atomic mass is 9.80. The van der Waals surface area contributed by atoms with Gasteiger partial charge in [-0.2, -0.15) is 0 Å². The number of piperidine rings is 1. The van der Waals surface area contributed by atoms with E-state index in [-0.39, 0.29) is 24.3 Å². The van der Waals surface area contributed by atoms with E-state index in [4.69, 9.17) is 9.47 Å². The Bertz CT molecular complexity index is 952. The summed E-state index contributed by atoms with van der Waals surface area (Å²) >= 11 is 0. The predicted octanol–water partition coefficient (Wildman–Crippen LogP) is 3.28. The third-order valence-electron chi connectivity index (χ3n) is 6.53. The summed E-state index contributed by atoms with van der Waals surface area (Å²) in [6.07, 6.45) is 2.57. The first kappa shape index (κ1) is 18.6. The fourth-order valence-electron chi connectivity index (χ4n) is 4.80. The Hall–Kier alpha value is -2.44. The van der Waals surface area contributed by atoms with Gasteiger partial charge in [-0.15, -0.1) is 0 Å². The highest BCUT2D eigenvalue weighted by atomic mass is 19.1. The number of hydrogen-bond acceptors (Lipinski definition) is 5. The number of halogens is 1. The second kappa shape index (κ2) is 7.11. The summed E-state index contributed by atoms with van der Waals surface area (Å²) in [5, 5.41) is 11.0. The molecule has 1 saturated heterocycles. The molecule has 2 aromatic carbocycles. The largest absolute Gasteiger partial charge is 0.454 e. The Morgan fingerprint density at radius 1 is 1.14 bits per heavy atom. The SMILES string of the molecule is O=C1c2cc3c(cc2CCC1CN1CCC(O)(c2ccccc2F)CC1)OCO3. The van der Waals surface area contributed by atoms with Gasteiger partial charge in [-0.3, -0.25) is 4.79 Å². The average molecular weight is 397 g/mol. The lowest BCUT2D eigenvalue weighted by molar-refractivity contribution is -0.0308. The molecule has 1 fully saturated rings. The molecule has 2 heterocycles. The van der Waals surface area contributed by atoms with Gasteiger partial charge in [0, 0.05) is 36.7 Å². The van der Waals surface area contributed by atoms with Crippen molar-refractivity contribution in [3.8, 4) is 11.5 Å². The van der Waals surface area contributed by atoms with Gasteiger partial charge in [0.1, 0.15) is 5.82 Å². The van der Waals surface area contributed by atoms with Gasteiger partial charge in [-0.1, -0.05) is 18.2 Å². The number of ketones is 1. The van der Waals surface area contributed by atoms with Crippen LogP contribution in [0.15, 0.2) is 36.4 Å². The van der Waals surface area contributed by atoms with Crippen LogP contribution in [0, 0.1) is 11.7 Å². The lowest BCUT2D eigenvalue weighted by Gasteiger charge is -2.40. The second-order valence-corrected chi connectivity index (χ2v) is 8.27. The van der Waals surface area contributed by atoms with Crippen molar-refractivity contribution in [2.45, 2.75) is 31.3 Å². The molecule has 2 aliphatic heterocycles. The zero-order chi connectivity index (χ0) is 20.0. The maximum absolute atomic E-state index is 14.1. The molecule has 1 aliphatic carbocycles. The molecule has 0 aromatic heterocycles. The van der Waals surface area contributed by atoms with Gasteiger partial charge in [0.05, 0.1) is 5.60 Å². The topological polar surface area (TPSA) is 59.0 Å². The van der Waals surface area contributed by atoms with E-state index in [0.29, 0.717) is 43.8 Å². The second-order valence-electron chi connectivity index (χ2n) is 8.27. The number of carbonyl (C=O) groups is 1. The fourth-order valence-corrected chi connectivity index (χ4v) is 4.80. The number of carbonyl (C=O) groups excluding carboxylic acids is 1. The van der Waals surface area contributed by atoms with Crippen LogP contribution >= 0.6 is 0 Å². The van der Waals surface area contributed by atoms with Crippen molar-refractivity contribution >= 4 is 5.78 Å². The monoisotopic (exact) mass is 397 g/mol. The third-order valence-corrected chi connectivity index (χ3v) is 6.53. The minimum atomic E-state index is -1.14. The molecule has 1 N–H and O–H groups in total. The molecule has 2 aromatic rings. The van der Waals surface area contributed by atoms with Crippen molar-refractivity contribution < 1.29 is 23.8 Å². The number of aryl methyl sites for hydroxylation is 1. The fraction of sp³-hybridized carbons (Fsp3) is 0.435. The van der Waals surface area contributed by atoms with Gasteiger partial charge in [0.15, 0.2) is 17.3 Å². The summed E-state index contributed by atoms with van der Waals surface area (Å²) in [7, 11) is 0. The number of benzene rings is 2. The highest BCUT2D eigenvalue weighted by molar-refractivity contribution is 6.01. The summed E-state index contributed by atoms with van der Waals surface area (Å²) in [6.45, 7) is 2.15. The molecule has 0 spiro atoms. The summed E-state index contributed by atoms with van der Waals surface area (Å²) < 4.78 is 25.0. The summed E-state index contributed by atoms with van der Waals surface area (Å²) in [4.78, 5) is 15.3. The molecule has 1 atom stereocenters. The quantitative estimate of drug-likeness (QED) is 0.861. The van der Waals surface area contributed by atoms with Crippen LogP contribution in [0.2, 0.25) is 0 Å². The standard InChI is InChI=1S/C23H24FNO4/c24-19-4-2-1-3-18(19)23(27)7-9-25(10-8-23)13-16-6-5-15-11-20-21(29-14-28-20)12-17(15)22(16)26/h1-4,11-12,16,27H,5-10,13-14H2. The first-order valence-corrected chi connectivity index (χ1v) is 10.2. The Morgan fingerprint density at radius 3 is 2.62 bits per heavy atom. The highest BCUT2D eigenvalue weighted by Gasteiger charge is 2.38. The van der Waals surface area contributed by atoms with E-state index in [2.05, 4.69) is 4.90 Å². The van der Waals surface area contributed by atoms with E-state index in [0.717, 1.165) is 29.7 Å². The number of hydrogen-bond donors (Lipinski definition) is 1. The molecular weight excluding hydrogens is 373 g/mol. The van der Waals surface area contributed by atoms with Crippen molar-refractivity contribution in [2.75, 3.05) is 26.4 Å². The Kier molecular flexibility index (Phi) is 4.56. The molecule has 5 rings (SSSR count). The van der Waals surface area contributed by atoms with Crippen molar-refractivity contribution in [1.29, 1.82) is 0 Å². The van der Waals surface area contributed by atoms with E-state index in [1.165, 1.54) is 6.07 Å². The van der Waals surface area contributed by atoms with Crippen molar-refractivity contribution in [1.82, 2.24) is 4.90 Å². The minimum Gasteiger partial charge on any atom is -0.454 e. The lowest BCUT2D eigenvalue weighted by Crippen LogP contribution is -2.46. The molecule has 5 nitrogen and oxygen atoms in total. The van der Waals surface area contributed by atoms with Gasteiger partial charge in [-0.05, 0) is 49.4 Å². The van der Waals surface area contributed by atoms with E-state index in [1.807, 2.05) is 12.1 Å². The van der Waals surface area contributed by atoms with Crippen LogP contribution in [0.3, 0.4) is 0 Å². The van der Waals surface area contributed by atoms with Crippen LogP contribution in [0.25, 0.3) is 0 Å². The van der Waals surface area contributed by atoms with Crippen molar-refractivity contribution in [2.24, 2.45) is 5.92 Å². The number of Topliss-reactive ketones (excluding diaryl/α,β-unsaturated/α-hetero) is 1. The van der Waals surface area contributed by atoms with Crippen LogP contribution in [0.4, 0.5) is 4.39 Å². The third kappa shape index (κ3) is 3.30. The highest BCUT2D eigenvalue weighted by Crippen LogP contribution is 2.39.